The first kappa shape index (κ1) is 13.8. The quantitative estimate of drug-likeness (QED) is 0.790. The number of nitrogens with zero attached hydrogens (tertiary/aromatic N) is 2. The van der Waals surface area contributed by atoms with Crippen LogP contribution in [-0.4, -0.2) is 15.6 Å². The summed E-state index contributed by atoms with van der Waals surface area (Å²) in [5.74, 6) is -0.543. The van der Waals surface area contributed by atoms with Crippen LogP contribution in [0.2, 0.25) is 0 Å². The van der Waals surface area contributed by atoms with Crippen LogP contribution >= 0.6 is 15.9 Å². The van der Waals surface area contributed by atoms with Gasteiger partial charge in [-0.3, -0.25) is 9.48 Å². The van der Waals surface area contributed by atoms with Crippen LogP contribution in [0.5, 0.6) is 0 Å². The van der Waals surface area contributed by atoms with E-state index in [1.54, 1.807) is 13.2 Å². The minimum Gasteiger partial charge on any atom is -0.287 e. The van der Waals surface area contributed by atoms with Gasteiger partial charge in [0, 0.05) is 23.3 Å². The molecule has 2 aromatic rings. The summed E-state index contributed by atoms with van der Waals surface area (Å²) < 4.78 is 39.5. The second kappa shape index (κ2) is 4.80. The molecule has 1 aromatic carbocycles. The number of ketones is 1. The zero-order valence-corrected chi connectivity index (χ0v) is 11.3. The minimum absolute atomic E-state index is 0.0470. The second-order valence-corrected chi connectivity index (χ2v) is 4.75. The third-order valence-corrected chi connectivity index (χ3v) is 3.17. The molecule has 0 unspecified atom stereocenters. The van der Waals surface area contributed by atoms with Gasteiger partial charge in [0.25, 0.3) is 0 Å². The molecule has 0 fully saturated rings. The van der Waals surface area contributed by atoms with Gasteiger partial charge in [-0.2, -0.15) is 18.3 Å². The molecule has 1 heterocycles. The van der Waals surface area contributed by atoms with Crippen LogP contribution in [0.3, 0.4) is 0 Å². The average Bonchev–Trinajstić information content (AvgIpc) is 2.74. The van der Waals surface area contributed by atoms with Crippen molar-refractivity contribution >= 4 is 21.7 Å². The zero-order chi connectivity index (χ0) is 14.2. The highest BCUT2D eigenvalue weighted by molar-refractivity contribution is 9.10. The van der Waals surface area contributed by atoms with Crippen molar-refractivity contribution in [2.24, 2.45) is 7.05 Å². The number of carbonyl (C=O) groups is 1. The Morgan fingerprint density at radius 2 is 2.00 bits per heavy atom. The molecule has 0 aliphatic rings. The van der Waals surface area contributed by atoms with Crippen molar-refractivity contribution in [2.45, 2.75) is 6.18 Å². The van der Waals surface area contributed by atoms with Gasteiger partial charge in [0.15, 0.2) is 0 Å². The summed E-state index contributed by atoms with van der Waals surface area (Å²) in [4.78, 5) is 12.0. The van der Waals surface area contributed by atoms with Crippen molar-refractivity contribution in [3.05, 3.63) is 51.8 Å². The van der Waals surface area contributed by atoms with Crippen LogP contribution < -0.4 is 0 Å². The van der Waals surface area contributed by atoms with Crippen LogP contribution in [0.15, 0.2) is 34.9 Å². The summed E-state index contributed by atoms with van der Waals surface area (Å²) in [5, 5.41) is 3.88. The van der Waals surface area contributed by atoms with Crippen molar-refractivity contribution in [3.63, 3.8) is 0 Å². The van der Waals surface area contributed by atoms with Crippen LogP contribution in [0.1, 0.15) is 21.6 Å². The smallest absolute Gasteiger partial charge is 0.287 e. The van der Waals surface area contributed by atoms with Gasteiger partial charge in [-0.15, -0.1) is 0 Å². The SMILES string of the molecule is Cn1ccc(C(=O)c2ccc(Br)c(C(F)(F)F)c2)n1. The Hall–Kier alpha value is -1.63. The lowest BCUT2D eigenvalue weighted by molar-refractivity contribution is -0.138. The maximum atomic E-state index is 12.7. The van der Waals surface area contributed by atoms with Crippen molar-refractivity contribution in [1.29, 1.82) is 0 Å². The predicted molar refractivity (Wildman–Crippen MR) is 65.8 cm³/mol. The van der Waals surface area contributed by atoms with E-state index in [2.05, 4.69) is 21.0 Å². The topological polar surface area (TPSA) is 34.9 Å². The third kappa shape index (κ3) is 2.86. The van der Waals surface area contributed by atoms with E-state index < -0.39 is 17.5 Å². The van der Waals surface area contributed by atoms with Gasteiger partial charge in [-0.1, -0.05) is 15.9 Å². The van der Waals surface area contributed by atoms with Gasteiger partial charge in [0.1, 0.15) is 5.69 Å². The number of hydrogen-bond donors (Lipinski definition) is 0. The van der Waals surface area contributed by atoms with Gasteiger partial charge in [0.2, 0.25) is 5.78 Å². The van der Waals surface area contributed by atoms with Gasteiger partial charge in [-0.05, 0) is 24.3 Å². The van der Waals surface area contributed by atoms with Crippen LogP contribution in [0.4, 0.5) is 13.2 Å². The Balaban J connectivity index is 2.44. The molecule has 0 N–H and O–H groups in total. The van der Waals surface area contributed by atoms with Crippen LogP contribution in [0.25, 0.3) is 0 Å². The standard InChI is InChI=1S/C12H8BrF3N2O/c1-18-5-4-10(17-18)11(19)7-2-3-9(13)8(6-7)12(14,15)16/h2-6H,1H3. The molecule has 0 saturated heterocycles. The predicted octanol–water partition coefficient (Wildman–Crippen LogP) is 3.43. The summed E-state index contributed by atoms with van der Waals surface area (Å²) >= 11 is 2.82. The first-order chi connectivity index (χ1) is 8.79. The summed E-state index contributed by atoms with van der Waals surface area (Å²) in [7, 11) is 1.62. The third-order valence-electron chi connectivity index (χ3n) is 2.48. The lowest BCUT2D eigenvalue weighted by atomic mass is 10.1. The highest BCUT2D eigenvalue weighted by Crippen LogP contribution is 2.35. The van der Waals surface area contributed by atoms with E-state index in [-0.39, 0.29) is 15.7 Å². The number of alkyl halides is 3. The first-order valence-corrected chi connectivity index (χ1v) is 5.99. The number of carbonyl (C=O) groups excluding carboxylic acids is 1. The summed E-state index contributed by atoms with van der Waals surface area (Å²) in [5.41, 5.74) is -0.818. The van der Waals surface area contributed by atoms with Gasteiger partial charge < -0.3 is 0 Å². The normalized spacial score (nSPS) is 11.6. The highest BCUT2D eigenvalue weighted by Gasteiger charge is 2.33. The van der Waals surface area contributed by atoms with Crippen molar-refractivity contribution in [1.82, 2.24) is 9.78 Å². The second-order valence-electron chi connectivity index (χ2n) is 3.90. The maximum absolute atomic E-state index is 12.7. The molecule has 0 aliphatic heterocycles. The fraction of sp³-hybridized carbons (Fsp3) is 0.167. The van der Waals surface area contributed by atoms with Crippen molar-refractivity contribution < 1.29 is 18.0 Å². The fourth-order valence-corrected chi connectivity index (χ4v) is 2.04. The number of rotatable bonds is 2. The molecular weight excluding hydrogens is 325 g/mol. The van der Waals surface area contributed by atoms with Crippen LogP contribution in [-0.2, 0) is 13.2 Å². The van der Waals surface area contributed by atoms with E-state index in [0.29, 0.717) is 0 Å². The lowest BCUT2D eigenvalue weighted by Gasteiger charge is -2.10. The molecule has 100 valence electrons. The molecule has 0 spiro atoms. The number of halogens is 4. The Labute approximate surface area is 115 Å². The largest absolute Gasteiger partial charge is 0.417 e. The van der Waals surface area contributed by atoms with E-state index in [9.17, 15) is 18.0 Å². The molecule has 0 atom stereocenters. The van der Waals surface area contributed by atoms with E-state index in [4.69, 9.17) is 0 Å². The fourth-order valence-electron chi connectivity index (χ4n) is 1.57. The van der Waals surface area contributed by atoms with E-state index in [0.717, 1.165) is 6.07 Å². The maximum Gasteiger partial charge on any atom is 0.417 e. The molecule has 0 aliphatic carbocycles. The highest BCUT2D eigenvalue weighted by atomic mass is 79.9. The summed E-state index contributed by atoms with van der Waals surface area (Å²) in [6.07, 6.45) is -2.96. The minimum atomic E-state index is -4.51. The van der Waals surface area contributed by atoms with E-state index in [1.807, 2.05) is 0 Å². The van der Waals surface area contributed by atoms with Gasteiger partial charge >= 0.3 is 6.18 Å². The Bertz CT molecular complexity index is 634. The molecule has 19 heavy (non-hydrogen) atoms. The molecule has 0 saturated carbocycles. The molecule has 7 heteroatoms. The molecule has 0 amide bonds. The number of aryl methyl sites for hydroxylation is 1. The number of aromatic nitrogens is 2. The van der Waals surface area contributed by atoms with Crippen molar-refractivity contribution in [2.75, 3.05) is 0 Å². The monoisotopic (exact) mass is 332 g/mol. The van der Waals surface area contributed by atoms with E-state index >= 15 is 0 Å². The Morgan fingerprint density at radius 1 is 1.32 bits per heavy atom. The van der Waals surface area contributed by atoms with E-state index in [1.165, 1.54) is 22.9 Å². The Morgan fingerprint density at radius 3 is 2.53 bits per heavy atom. The molecular formula is C12H8BrF3N2O. The molecule has 0 bridgehead atoms. The number of hydrogen-bond acceptors (Lipinski definition) is 2. The Kier molecular flexibility index (Phi) is 3.49. The zero-order valence-electron chi connectivity index (χ0n) is 9.70. The molecule has 2 rings (SSSR count). The summed E-state index contributed by atoms with van der Waals surface area (Å²) in [6.45, 7) is 0. The number of benzene rings is 1. The van der Waals surface area contributed by atoms with Crippen molar-refractivity contribution in [3.8, 4) is 0 Å². The first-order valence-electron chi connectivity index (χ1n) is 5.20. The molecule has 1 aromatic heterocycles. The average molecular weight is 333 g/mol. The molecule has 3 nitrogen and oxygen atoms in total. The summed E-state index contributed by atoms with van der Waals surface area (Å²) in [6, 6.07) is 4.81. The van der Waals surface area contributed by atoms with Crippen LogP contribution in [0, 0.1) is 0 Å². The van der Waals surface area contributed by atoms with Gasteiger partial charge in [-0.25, -0.2) is 0 Å². The molecule has 0 radical (unpaired) electrons. The van der Waals surface area contributed by atoms with Gasteiger partial charge in [0.05, 0.1) is 5.56 Å². The lowest BCUT2D eigenvalue weighted by Crippen LogP contribution is -2.10.